The lowest BCUT2D eigenvalue weighted by molar-refractivity contribution is 0.809. The summed E-state index contributed by atoms with van der Waals surface area (Å²) >= 11 is 0. The minimum absolute atomic E-state index is 0.949. The van der Waals surface area contributed by atoms with Gasteiger partial charge in [-0.1, -0.05) is 6.07 Å². The van der Waals surface area contributed by atoms with Crippen molar-refractivity contribution in [2.45, 2.75) is 27.3 Å². The van der Waals surface area contributed by atoms with E-state index in [4.69, 9.17) is 0 Å². The molecular weight excluding hydrogens is 184 g/mol. The number of rotatable bonds is 5. The highest BCUT2D eigenvalue weighted by atomic mass is 15.1. The van der Waals surface area contributed by atoms with Crippen molar-refractivity contribution in [1.82, 2.24) is 5.32 Å². The minimum Gasteiger partial charge on any atom is -0.372 e. The van der Waals surface area contributed by atoms with Crippen molar-refractivity contribution < 1.29 is 0 Å². The third kappa shape index (κ3) is 2.96. The Bertz CT molecular complexity index is 303. The number of hydrogen-bond donors (Lipinski definition) is 1. The van der Waals surface area contributed by atoms with Crippen LogP contribution in [0.1, 0.15) is 25.0 Å². The summed E-state index contributed by atoms with van der Waals surface area (Å²) in [5.74, 6) is 0. The van der Waals surface area contributed by atoms with Crippen LogP contribution in [0.4, 0.5) is 5.69 Å². The topological polar surface area (TPSA) is 15.3 Å². The molecule has 0 saturated heterocycles. The van der Waals surface area contributed by atoms with E-state index >= 15 is 0 Å². The quantitative estimate of drug-likeness (QED) is 0.796. The van der Waals surface area contributed by atoms with Crippen LogP contribution in [-0.2, 0) is 6.54 Å². The highest BCUT2D eigenvalue weighted by molar-refractivity contribution is 5.50. The number of anilines is 1. The molecule has 0 aromatic heterocycles. The molecule has 1 aromatic rings. The van der Waals surface area contributed by atoms with Crippen molar-refractivity contribution in [2.24, 2.45) is 0 Å². The average molecular weight is 206 g/mol. The lowest BCUT2D eigenvalue weighted by Gasteiger charge is -2.22. The lowest BCUT2D eigenvalue weighted by Crippen LogP contribution is -2.22. The van der Waals surface area contributed by atoms with Crippen LogP contribution in [0.25, 0.3) is 0 Å². The van der Waals surface area contributed by atoms with Gasteiger partial charge in [0.25, 0.3) is 0 Å². The van der Waals surface area contributed by atoms with Crippen LogP contribution < -0.4 is 10.2 Å². The summed E-state index contributed by atoms with van der Waals surface area (Å²) in [6.45, 7) is 9.66. The Labute approximate surface area is 93.3 Å². The Morgan fingerprint density at radius 3 is 2.33 bits per heavy atom. The fourth-order valence-electron chi connectivity index (χ4n) is 1.85. The maximum atomic E-state index is 3.19. The predicted octanol–water partition coefficient (Wildman–Crippen LogP) is 2.56. The Morgan fingerprint density at radius 1 is 1.20 bits per heavy atom. The Kier molecular flexibility index (Phi) is 4.63. The average Bonchev–Trinajstić information content (AvgIpc) is 2.24. The number of nitrogens with one attached hydrogen (secondary N) is 1. The van der Waals surface area contributed by atoms with Gasteiger partial charge >= 0.3 is 0 Å². The van der Waals surface area contributed by atoms with Crippen LogP contribution >= 0.6 is 0 Å². The molecule has 0 amide bonds. The maximum absolute atomic E-state index is 3.19. The van der Waals surface area contributed by atoms with Gasteiger partial charge in [-0.3, -0.25) is 0 Å². The summed E-state index contributed by atoms with van der Waals surface area (Å²) in [4.78, 5) is 2.37. The number of nitrogens with zero attached hydrogens (tertiary/aromatic N) is 1. The fourth-order valence-corrected chi connectivity index (χ4v) is 1.85. The first-order valence-corrected chi connectivity index (χ1v) is 5.72. The zero-order valence-electron chi connectivity index (χ0n) is 10.3. The monoisotopic (exact) mass is 206 g/mol. The molecule has 0 aliphatic carbocycles. The third-order valence-electron chi connectivity index (χ3n) is 2.82. The van der Waals surface area contributed by atoms with E-state index in [0.717, 1.165) is 19.6 Å². The van der Waals surface area contributed by atoms with E-state index in [1.807, 2.05) is 7.05 Å². The van der Waals surface area contributed by atoms with E-state index < -0.39 is 0 Å². The van der Waals surface area contributed by atoms with Gasteiger partial charge in [0.1, 0.15) is 0 Å². The zero-order valence-corrected chi connectivity index (χ0v) is 10.3. The number of benzene rings is 1. The molecule has 0 unspecified atom stereocenters. The summed E-state index contributed by atoms with van der Waals surface area (Å²) < 4.78 is 0. The van der Waals surface area contributed by atoms with Crippen LogP contribution in [0.3, 0.4) is 0 Å². The van der Waals surface area contributed by atoms with Crippen LogP contribution in [0.2, 0.25) is 0 Å². The molecule has 2 nitrogen and oxygen atoms in total. The van der Waals surface area contributed by atoms with Crippen LogP contribution in [0, 0.1) is 6.92 Å². The standard InChI is InChI=1S/C13H22N2/c1-5-15(6-2)13-8-7-12(10-14-4)11(3)9-13/h7-9,14H,5-6,10H2,1-4H3. The first-order chi connectivity index (χ1) is 7.22. The number of hydrogen-bond acceptors (Lipinski definition) is 2. The second-order valence-electron chi connectivity index (χ2n) is 3.81. The summed E-state index contributed by atoms with van der Waals surface area (Å²) in [6.07, 6.45) is 0. The Morgan fingerprint density at radius 2 is 1.87 bits per heavy atom. The van der Waals surface area contributed by atoms with Crippen molar-refractivity contribution in [1.29, 1.82) is 0 Å². The third-order valence-corrected chi connectivity index (χ3v) is 2.82. The molecule has 0 bridgehead atoms. The van der Waals surface area contributed by atoms with Gasteiger partial charge in [-0.15, -0.1) is 0 Å². The summed E-state index contributed by atoms with van der Waals surface area (Å²) in [7, 11) is 1.98. The summed E-state index contributed by atoms with van der Waals surface area (Å²) in [5, 5.41) is 3.19. The van der Waals surface area contributed by atoms with Crippen molar-refractivity contribution in [3.8, 4) is 0 Å². The second-order valence-corrected chi connectivity index (χ2v) is 3.81. The van der Waals surface area contributed by atoms with E-state index in [9.17, 15) is 0 Å². The van der Waals surface area contributed by atoms with Gasteiger partial charge in [0.15, 0.2) is 0 Å². The lowest BCUT2D eigenvalue weighted by atomic mass is 10.1. The SMILES string of the molecule is CCN(CC)c1ccc(CNC)c(C)c1. The van der Waals surface area contributed by atoms with Gasteiger partial charge in [0.2, 0.25) is 0 Å². The Hall–Kier alpha value is -1.02. The molecule has 0 aliphatic heterocycles. The van der Waals surface area contributed by atoms with E-state index in [1.54, 1.807) is 0 Å². The molecule has 0 aliphatic rings. The van der Waals surface area contributed by atoms with Crippen LogP contribution in [0.5, 0.6) is 0 Å². The number of aryl methyl sites for hydroxylation is 1. The highest BCUT2D eigenvalue weighted by Crippen LogP contribution is 2.18. The normalized spacial score (nSPS) is 10.4. The van der Waals surface area contributed by atoms with Crippen molar-refractivity contribution in [2.75, 3.05) is 25.0 Å². The first kappa shape index (κ1) is 12.1. The second kappa shape index (κ2) is 5.76. The van der Waals surface area contributed by atoms with E-state index in [0.29, 0.717) is 0 Å². The predicted molar refractivity (Wildman–Crippen MR) is 67.5 cm³/mol. The van der Waals surface area contributed by atoms with Gasteiger partial charge in [-0.25, -0.2) is 0 Å². The molecule has 0 radical (unpaired) electrons. The Balaban J connectivity index is 2.89. The van der Waals surface area contributed by atoms with Crippen molar-refractivity contribution in [3.63, 3.8) is 0 Å². The van der Waals surface area contributed by atoms with Gasteiger partial charge in [-0.05, 0) is 51.1 Å². The summed E-state index contributed by atoms with van der Waals surface area (Å²) in [6, 6.07) is 6.71. The maximum Gasteiger partial charge on any atom is 0.0368 e. The van der Waals surface area contributed by atoms with Gasteiger partial charge in [-0.2, -0.15) is 0 Å². The molecule has 1 N–H and O–H groups in total. The molecule has 0 heterocycles. The van der Waals surface area contributed by atoms with Crippen molar-refractivity contribution >= 4 is 5.69 Å². The molecule has 1 rings (SSSR count). The van der Waals surface area contributed by atoms with Crippen molar-refractivity contribution in [3.05, 3.63) is 29.3 Å². The van der Waals surface area contributed by atoms with Gasteiger partial charge in [0, 0.05) is 25.3 Å². The summed E-state index contributed by atoms with van der Waals surface area (Å²) in [5.41, 5.74) is 4.08. The minimum atomic E-state index is 0.949. The largest absolute Gasteiger partial charge is 0.372 e. The van der Waals surface area contributed by atoms with Crippen LogP contribution in [0.15, 0.2) is 18.2 Å². The molecule has 0 spiro atoms. The van der Waals surface area contributed by atoms with Gasteiger partial charge in [0.05, 0.1) is 0 Å². The first-order valence-electron chi connectivity index (χ1n) is 5.72. The zero-order chi connectivity index (χ0) is 11.3. The molecule has 1 aromatic carbocycles. The molecule has 2 heteroatoms. The molecule has 15 heavy (non-hydrogen) atoms. The van der Waals surface area contributed by atoms with E-state index in [2.05, 4.69) is 49.2 Å². The molecule has 0 saturated carbocycles. The molecular formula is C13H22N2. The molecule has 84 valence electrons. The molecule has 0 atom stereocenters. The fraction of sp³-hybridized carbons (Fsp3) is 0.538. The molecule has 0 fully saturated rings. The van der Waals surface area contributed by atoms with E-state index in [1.165, 1.54) is 16.8 Å². The van der Waals surface area contributed by atoms with Crippen LogP contribution in [-0.4, -0.2) is 20.1 Å². The van der Waals surface area contributed by atoms with Gasteiger partial charge < -0.3 is 10.2 Å². The smallest absolute Gasteiger partial charge is 0.0368 e. The van der Waals surface area contributed by atoms with E-state index in [-0.39, 0.29) is 0 Å². The highest BCUT2D eigenvalue weighted by Gasteiger charge is 2.03.